The number of likely N-dealkylation sites (tertiary alicyclic amines) is 1. The molecule has 1 N–H and O–H groups in total. The Morgan fingerprint density at radius 3 is 2.52 bits per heavy atom. The number of rotatable bonds is 5. The molecule has 1 saturated heterocycles. The monoisotopic (exact) mass is 392 g/mol. The van der Waals surface area contributed by atoms with Crippen LogP contribution in [0.1, 0.15) is 21.8 Å². The van der Waals surface area contributed by atoms with Crippen molar-refractivity contribution in [2.75, 3.05) is 27.9 Å². The lowest BCUT2D eigenvalue weighted by Crippen LogP contribution is -2.44. The predicted octanol–water partition coefficient (Wildman–Crippen LogP) is 3.32. The Balaban J connectivity index is 1.70. The number of hydrogen-bond donors (Lipinski definition) is 1. The molecule has 0 aromatic heterocycles. The van der Waals surface area contributed by atoms with Crippen molar-refractivity contribution in [3.05, 3.63) is 77.5 Å². The number of benzene rings is 2. The van der Waals surface area contributed by atoms with Crippen molar-refractivity contribution in [1.82, 2.24) is 10.2 Å². The third-order valence-electron chi connectivity index (χ3n) is 5.46. The van der Waals surface area contributed by atoms with E-state index in [2.05, 4.69) is 11.4 Å². The maximum atomic E-state index is 13.4. The summed E-state index contributed by atoms with van der Waals surface area (Å²) < 4.78 is 16.2. The number of para-hydroxylation sites is 1. The van der Waals surface area contributed by atoms with Crippen LogP contribution in [0.4, 0.5) is 0 Å². The van der Waals surface area contributed by atoms with Crippen LogP contribution in [-0.2, 0) is 0 Å². The van der Waals surface area contributed by atoms with Crippen molar-refractivity contribution >= 4 is 5.91 Å². The standard InChI is InChI=1S/C23H24N2O4/c1-27-19-9-5-4-7-17(19)23(26)25-14-18(16-8-6-12-24-22(16)25)15-10-11-20(28-2)21(13-15)29-3/h4-13,18,22,24H,14H2,1-3H3. The Morgan fingerprint density at radius 1 is 1.00 bits per heavy atom. The zero-order valence-corrected chi connectivity index (χ0v) is 16.7. The van der Waals surface area contributed by atoms with Gasteiger partial charge in [-0.1, -0.05) is 24.3 Å². The molecular formula is C23H24N2O4. The number of fused-ring (bicyclic) bond motifs is 1. The highest BCUT2D eigenvalue weighted by Gasteiger charge is 2.41. The molecule has 150 valence electrons. The van der Waals surface area contributed by atoms with Gasteiger partial charge in [0.05, 0.1) is 26.9 Å². The van der Waals surface area contributed by atoms with Crippen molar-refractivity contribution < 1.29 is 19.0 Å². The molecule has 6 heteroatoms. The van der Waals surface area contributed by atoms with E-state index in [1.807, 2.05) is 47.5 Å². The molecular weight excluding hydrogens is 368 g/mol. The number of carbonyl (C=O) groups is 1. The van der Waals surface area contributed by atoms with Gasteiger partial charge in [-0.3, -0.25) is 4.79 Å². The van der Waals surface area contributed by atoms with Gasteiger partial charge < -0.3 is 24.4 Å². The van der Waals surface area contributed by atoms with Gasteiger partial charge in [0.2, 0.25) is 0 Å². The summed E-state index contributed by atoms with van der Waals surface area (Å²) in [5.74, 6) is 1.92. The zero-order valence-electron chi connectivity index (χ0n) is 16.7. The summed E-state index contributed by atoms with van der Waals surface area (Å²) in [6, 6.07) is 13.2. The van der Waals surface area contributed by atoms with Crippen LogP contribution in [0.3, 0.4) is 0 Å². The lowest BCUT2D eigenvalue weighted by molar-refractivity contribution is 0.0728. The van der Waals surface area contributed by atoms with Crippen LogP contribution in [0.2, 0.25) is 0 Å². The Kier molecular flexibility index (Phi) is 5.16. The first-order valence-corrected chi connectivity index (χ1v) is 9.46. The molecule has 2 aromatic carbocycles. The lowest BCUT2D eigenvalue weighted by Gasteiger charge is -2.27. The van der Waals surface area contributed by atoms with E-state index in [1.165, 1.54) is 0 Å². The second-order valence-corrected chi connectivity index (χ2v) is 6.92. The summed E-state index contributed by atoms with van der Waals surface area (Å²) in [7, 11) is 4.82. The minimum atomic E-state index is -0.199. The minimum Gasteiger partial charge on any atom is -0.496 e. The fraction of sp³-hybridized carbons (Fsp3) is 0.261. The molecule has 0 saturated carbocycles. The van der Waals surface area contributed by atoms with Gasteiger partial charge in [0, 0.05) is 12.5 Å². The normalized spacial score (nSPS) is 19.8. The van der Waals surface area contributed by atoms with Gasteiger partial charge in [-0.25, -0.2) is 0 Å². The molecule has 2 heterocycles. The highest BCUT2D eigenvalue weighted by atomic mass is 16.5. The molecule has 0 spiro atoms. The largest absolute Gasteiger partial charge is 0.496 e. The van der Waals surface area contributed by atoms with Crippen LogP contribution in [0.5, 0.6) is 17.2 Å². The molecule has 1 fully saturated rings. The maximum Gasteiger partial charge on any atom is 0.259 e. The Morgan fingerprint density at radius 2 is 1.76 bits per heavy atom. The van der Waals surface area contributed by atoms with Crippen molar-refractivity contribution in [2.45, 2.75) is 12.1 Å². The molecule has 2 atom stereocenters. The van der Waals surface area contributed by atoms with Gasteiger partial charge >= 0.3 is 0 Å². The molecule has 29 heavy (non-hydrogen) atoms. The summed E-state index contributed by atoms with van der Waals surface area (Å²) in [5.41, 5.74) is 2.77. The second kappa shape index (κ2) is 7.91. The summed E-state index contributed by atoms with van der Waals surface area (Å²) >= 11 is 0. The lowest BCUT2D eigenvalue weighted by atomic mass is 9.91. The molecule has 4 rings (SSSR count). The third kappa shape index (κ3) is 3.31. The molecule has 0 aliphatic carbocycles. The molecule has 2 aliphatic rings. The van der Waals surface area contributed by atoms with E-state index in [4.69, 9.17) is 14.2 Å². The van der Waals surface area contributed by atoms with Gasteiger partial charge in [-0.2, -0.15) is 0 Å². The number of carbonyl (C=O) groups excluding carboxylic acids is 1. The highest BCUT2D eigenvalue weighted by molar-refractivity contribution is 5.97. The van der Waals surface area contributed by atoms with Gasteiger partial charge in [0.1, 0.15) is 11.9 Å². The average Bonchev–Trinajstić information content (AvgIpc) is 3.17. The number of nitrogens with one attached hydrogen (secondary N) is 1. The highest BCUT2D eigenvalue weighted by Crippen LogP contribution is 2.41. The maximum absolute atomic E-state index is 13.4. The smallest absolute Gasteiger partial charge is 0.259 e. The fourth-order valence-electron chi connectivity index (χ4n) is 4.02. The van der Waals surface area contributed by atoms with Gasteiger partial charge in [-0.15, -0.1) is 0 Å². The third-order valence-corrected chi connectivity index (χ3v) is 5.46. The van der Waals surface area contributed by atoms with Gasteiger partial charge in [0.15, 0.2) is 11.5 Å². The summed E-state index contributed by atoms with van der Waals surface area (Å²) in [4.78, 5) is 15.2. The van der Waals surface area contributed by atoms with Crippen LogP contribution >= 0.6 is 0 Å². The number of hydrogen-bond acceptors (Lipinski definition) is 5. The molecule has 0 bridgehead atoms. The van der Waals surface area contributed by atoms with E-state index in [0.29, 0.717) is 29.4 Å². The SMILES string of the molecule is COc1ccc(C2CN(C(=O)c3ccccc3OC)C3NC=CC=C23)cc1OC. The van der Waals surface area contributed by atoms with Crippen molar-refractivity contribution in [1.29, 1.82) is 0 Å². The predicted molar refractivity (Wildman–Crippen MR) is 110 cm³/mol. The number of allylic oxidation sites excluding steroid dienone is 2. The Bertz CT molecular complexity index is 983. The minimum absolute atomic E-state index is 0.0518. The van der Waals surface area contributed by atoms with Crippen LogP contribution in [0.15, 0.2) is 66.4 Å². The van der Waals surface area contributed by atoms with E-state index < -0.39 is 0 Å². The summed E-state index contributed by atoms with van der Waals surface area (Å²) in [5, 5.41) is 3.33. The van der Waals surface area contributed by atoms with Crippen molar-refractivity contribution in [3.8, 4) is 17.2 Å². The van der Waals surface area contributed by atoms with E-state index in [0.717, 1.165) is 11.1 Å². The first kappa shape index (κ1) is 18.9. The van der Waals surface area contributed by atoms with Crippen LogP contribution in [0, 0.1) is 0 Å². The Hall–Kier alpha value is -3.41. The summed E-state index contributed by atoms with van der Waals surface area (Å²) in [6.45, 7) is 0.553. The summed E-state index contributed by atoms with van der Waals surface area (Å²) in [6.07, 6.45) is 5.72. The first-order chi connectivity index (χ1) is 14.2. The number of amides is 1. The van der Waals surface area contributed by atoms with E-state index >= 15 is 0 Å². The van der Waals surface area contributed by atoms with E-state index in [1.54, 1.807) is 33.5 Å². The molecule has 0 radical (unpaired) electrons. The zero-order chi connectivity index (χ0) is 20.4. The first-order valence-electron chi connectivity index (χ1n) is 9.46. The topological polar surface area (TPSA) is 60.0 Å². The molecule has 2 aromatic rings. The molecule has 6 nitrogen and oxygen atoms in total. The van der Waals surface area contributed by atoms with E-state index in [-0.39, 0.29) is 18.0 Å². The fourth-order valence-corrected chi connectivity index (χ4v) is 4.02. The number of nitrogens with zero attached hydrogens (tertiary/aromatic N) is 1. The van der Waals surface area contributed by atoms with Gasteiger partial charge in [-0.05, 0) is 47.7 Å². The average molecular weight is 392 g/mol. The van der Waals surface area contributed by atoms with Crippen molar-refractivity contribution in [2.24, 2.45) is 0 Å². The van der Waals surface area contributed by atoms with Gasteiger partial charge in [0.25, 0.3) is 5.91 Å². The van der Waals surface area contributed by atoms with Crippen molar-refractivity contribution in [3.63, 3.8) is 0 Å². The number of ether oxygens (including phenoxy) is 3. The molecule has 1 amide bonds. The quantitative estimate of drug-likeness (QED) is 0.846. The van der Waals surface area contributed by atoms with Crippen LogP contribution in [0.25, 0.3) is 0 Å². The second-order valence-electron chi connectivity index (χ2n) is 6.92. The molecule has 2 aliphatic heterocycles. The number of dihydropyridines is 1. The number of methoxy groups -OCH3 is 3. The molecule has 2 unspecified atom stereocenters. The Labute approximate surface area is 170 Å². The van der Waals surface area contributed by atoms with E-state index in [9.17, 15) is 4.79 Å². The van der Waals surface area contributed by atoms with Crippen LogP contribution < -0.4 is 19.5 Å². The van der Waals surface area contributed by atoms with Crippen LogP contribution in [-0.4, -0.2) is 44.8 Å².